The molecular formula is C21H16ClNO3. The van der Waals surface area contributed by atoms with Crippen LogP contribution in [-0.2, 0) is 0 Å². The average molecular weight is 366 g/mol. The van der Waals surface area contributed by atoms with E-state index < -0.39 is 0 Å². The lowest BCUT2D eigenvalue weighted by Gasteiger charge is -2.06. The van der Waals surface area contributed by atoms with E-state index >= 15 is 0 Å². The van der Waals surface area contributed by atoms with E-state index in [2.05, 4.69) is 5.32 Å². The van der Waals surface area contributed by atoms with Crippen LogP contribution in [0, 0.1) is 6.92 Å². The average Bonchev–Trinajstić information content (AvgIpc) is 3.07. The molecule has 130 valence electrons. The van der Waals surface area contributed by atoms with Gasteiger partial charge in [-0.1, -0.05) is 29.8 Å². The second-order valence-electron chi connectivity index (χ2n) is 5.69. The Morgan fingerprint density at radius 2 is 1.81 bits per heavy atom. The van der Waals surface area contributed by atoms with Crippen LogP contribution < -0.4 is 5.32 Å². The molecule has 0 saturated heterocycles. The summed E-state index contributed by atoms with van der Waals surface area (Å²) >= 11 is 5.83. The first-order chi connectivity index (χ1) is 12.5. The second kappa shape index (κ2) is 7.85. The van der Waals surface area contributed by atoms with Crippen LogP contribution in [0.3, 0.4) is 0 Å². The third-order valence-corrected chi connectivity index (χ3v) is 3.91. The maximum absolute atomic E-state index is 12.3. The number of halogens is 1. The number of amides is 1. The molecule has 1 heterocycles. The van der Waals surface area contributed by atoms with E-state index in [1.807, 2.05) is 6.07 Å². The van der Waals surface area contributed by atoms with E-state index in [1.165, 1.54) is 6.08 Å². The monoisotopic (exact) mass is 365 g/mol. The molecule has 0 radical (unpaired) electrons. The van der Waals surface area contributed by atoms with Gasteiger partial charge in [-0.3, -0.25) is 9.59 Å². The maximum Gasteiger partial charge on any atom is 0.255 e. The number of hydrogen-bond donors (Lipinski definition) is 1. The van der Waals surface area contributed by atoms with Crippen molar-refractivity contribution in [2.75, 3.05) is 5.32 Å². The molecule has 0 unspecified atom stereocenters. The SMILES string of the molecule is Cc1ccc(C(=O)C=Cc2cccc(NC(=O)c3ccc(Cl)cc3)c2)o1. The highest BCUT2D eigenvalue weighted by atomic mass is 35.5. The first kappa shape index (κ1) is 17.7. The van der Waals surface area contributed by atoms with Crippen molar-refractivity contribution in [2.24, 2.45) is 0 Å². The molecule has 0 saturated carbocycles. The zero-order valence-electron chi connectivity index (χ0n) is 14.0. The highest BCUT2D eigenvalue weighted by molar-refractivity contribution is 6.30. The molecule has 1 amide bonds. The zero-order valence-corrected chi connectivity index (χ0v) is 14.8. The van der Waals surface area contributed by atoms with Crippen molar-refractivity contribution in [1.82, 2.24) is 0 Å². The Morgan fingerprint density at radius 1 is 1.04 bits per heavy atom. The van der Waals surface area contributed by atoms with Crippen molar-refractivity contribution in [3.8, 4) is 0 Å². The Labute approximate surface area is 156 Å². The van der Waals surface area contributed by atoms with Gasteiger partial charge in [0.15, 0.2) is 5.76 Å². The molecular weight excluding hydrogens is 350 g/mol. The van der Waals surface area contributed by atoms with E-state index in [9.17, 15) is 9.59 Å². The highest BCUT2D eigenvalue weighted by Gasteiger charge is 2.07. The normalized spacial score (nSPS) is 10.8. The number of benzene rings is 2. The van der Waals surface area contributed by atoms with Gasteiger partial charge in [-0.15, -0.1) is 0 Å². The van der Waals surface area contributed by atoms with Crippen LogP contribution in [0.1, 0.15) is 32.2 Å². The standard InChI is InChI=1S/C21H16ClNO3/c1-14-5-12-20(26-14)19(24)11-6-15-3-2-4-18(13-15)23-21(25)16-7-9-17(22)10-8-16/h2-13H,1H3,(H,23,25). The Morgan fingerprint density at radius 3 is 2.50 bits per heavy atom. The number of rotatable bonds is 5. The van der Waals surface area contributed by atoms with E-state index in [1.54, 1.807) is 67.6 Å². The Bertz CT molecular complexity index is 971. The number of ketones is 1. The Balaban J connectivity index is 1.69. The quantitative estimate of drug-likeness (QED) is 0.487. The van der Waals surface area contributed by atoms with Crippen molar-refractivity contribution < 1.29 is 14.0 Å². The predicted octanol–water partition coefficient (Wildman–Crippen LogP) is 5.39. The Kier molecular flexibility index (Phi) is 5.34. The minimum absolute atomic E-state index is 0.214. The van der Waals surface area contributed by atoms with Crippen LogP contribution in [-0.4, -0.2) is 11.7 Å². The number of carbonyl (C=O) groups is 2. The Hall–Kier alpha value is -3.11. The van der Waals surface area contributed by atoms with Gasteiger partial charge in [0.25, 0.3) is 5.91 Å². The van der Waals surface area contributed by atoms with Gasteiger partial charge in [-0.2, -0.15) is 0 Å². The fourth-order valence-electron chi connectivity index (χ4n) is 2.35. The van der Waals surface area contributed by atoms with Crippen LogP contribution in [0.5, 0.6) is 0 Å². The summed E-state index contributed by atoms with van der Waals surface area (Å²) in [5, 5.41) is 3.40. The smallest absolute Gasteiger partial charge is 0.255 e. The van der Waals surface area contributed by atoms with E-state index in [0.29, 0.717) is 27.8 Å². The maximum atomic E-state index is 12.3. The molecule has 0 fully saturated rings. The molecule has 0 aliphatic heterocycles. The number of furan rings is 1. The second-order valence-corrected chi connectivity index (χ2v) is 6.13. The summed E-state index contributed by atoms with van der Waals surface area (Å²) in [5.41, 5.74) is 1.93. The molecule has 3 rings (SSSR count). The molecule has 26 heavy (non-hydrogen) atoms. The van der Waals surface area contributed by atoms with Gasteiger partial charge in [0.2, 0.25) is 5.78 Å². The van der Waals surface area contributed by atoms with Gasteiger partial charge in [0.1, 0.15) is 5.76 Å². The number of aryl methyl sites for hydroxylation is 1. The van der Waals surface area contributed by atoms with Crippen LogP contribution >= 0.6 is 11.6 Å². The van der Waals surface area contributed by atoms with Gasteiger partial charge in [0, 0.05) is 16.3 Å². The lowest BCUT2D eigenvalue weighted by molar-refractivity contribution is 0.101. The largest absolute Gasteiger partial charge is 0.458 e. The third-order valence-electron chi connectivity index (χ3n) is 3.66. The summed E-state index contributed by atoms with van der Waals surface area (Å²) in [6.45, 7) is 1.79. The molecule has 5 heteroatoms. The molecule has 1 N–H and O–H groups in total. The predicted molar refractivity (Wildman–Crippen MR) is 103 cm³/mol. The van der Waals surface area contributed by atoms with Gasteiger partial charge >= 0.3 is 0 Å². The van der Waals surface area contributed by atoms with Gasteiger partial charge in [0.05, 0.1) is 0 Å². The fourth-order valence-corrected chi connectivity index (χ4v) is 2.47. The molecule has 2 aromatic carbocycles. The first-order valence-electron chi connectivity index (χ1n) is 7.97. The summed E-state index contributed by atoms with van der Waals surface area (Å²) in [5.74, 6) is 0.540. The van der Waals surface area contributed by atoms with E-state index in [-0.39, 0.29) is 11.7 Å². The lowest BCUT2D eigenvalue weighted by Crippen LogP contribution is -2.11. The summed E-state index contributed by atoms with van der Waals surface area (Å²) in [6, 6.07) is 17.2. The van der Waals surface area contributed by atoms with Crippen LogP contribution in [0.25, 0.3) is 6.08 Å². The molecule has 0 aliphatic carbocycles. The van der Waals surface area contributed by atoms with Gasteiger partial charge < -0.3 is 9.73 Å². The highest BCUT2D eigenvalue weighted by Crippen LogP contribution is 2.16. The number of carbonyl (C=O) groups excluding carboxylic acids is 2. The topological polar surface area (TPSA) is 59.3 Å². The summed E-state index contributed by atoms with van der Waals surface area (Å²) in [6.07, 6.45) is 3.12. The molecule has 1 aromatic heterocycles. The fraction of sp³-hybridized carbons (Fsp3) is 0.0476. The van der Waals surface area contributed by atoms with Crippen molar-refractivity contribution >= 4 is 35.1 Å². The molecule has 0 aliphatic rings. The molecule has 0 atom stereocenters. The number of hydrogen-bond acceptors (Lipinski definition) is 3. The molecule has 0 bridgehead atoms. The first-order valence-corrected chi connectivity index (χ1v) is 8.35. The minimum atomic E-state index is -0.232. The summed E-state index contributed by atoms with van der Waals surface area (Å²) in [7, 11) is 0. The van der Waals surface area contributed by atoms with E-state index in [0.717, 1.165) is 5.56 Å². The van der Waals surface area contributed by atoms with Crippen molar-refractivity contribution in [1.29, 1.82) is 0 Å². The van der Waals surface area contributed by atoms with Crippen molar-refractivity contribution in [2.45, 2.75) is 6.92 Å². The van der Waals surface area contributed by atoms with Crippen LogP contribution in [0.4, 0.5) is 5.69 Å². The van der Waals surface area contributed by atoms with Crippen LogP contribution in [0.2, 0.25) is 5.02 Å². The van der Waals surface area contributed by atoms with E-state index in [4.69, 9.17) is 16.0 Å². The molecule has 3 aromatic rings. The lowest BCUT2D eigenvalue weighted by atomic mass is 10.1. The third kappa shape index (κ3) is 4.49. The summed E-state index contributed by atoms with van der Waals surface area (Å²) < 4.78 is 5.30. The minimum Gasteiger partial charge on any atom is -0.458 e. The van der Waals surface area contributed by atoms with Gasteiger partial charge in [-0.05, 0) is 67.1 Å². The number of anilines is 1. The molecule has 0 spiro atoms. The zero-order chi connectivity index (χ0) is 18.5. The van der Waals surface area contributed by atoms with Crippen LogP contribution in [0.15, 0.2) is 71.2 Å². The van der Waals surface area contributed by atoms with Gasteiger partial charge in [-0.25, -0.2) is 0 Å². The van der Waals surface area contributed by atoms with Crippen molar-refractivity contribution in [3.05, 3.63) is 94.4 Å². The number of nitrogens with one attached hydrogen (secondary N) is 1. The summed E-state index contributed by atoms with van der Waals surface area (Å²) in [4.78, 5) is 24.3. The number of allylic oxidation sites excluding steroid dienone is 1. The van der Waals surface area contributed by atoms with Crippen molar-refractivity contribution in [3.63, 3.8) is 0 Å². The molecule has 4 nitrogen and oxygen atoms in total.